The van der Waals surface area contributed by atoms with Crippen molar-refractivity contribution in [2.24, 2.45) is 5.92 Å². The van der Waals surface area contributed by atoms with Gasteiger partial charge in [0.05, 0.1) is 18.4 Å². The van der Waals surface area contributed by atoms with E-state index >= 15 is 0 Å². The average molecular weight is 511 g/mol. The summed E-state index contributed by atoms with van der Waals surface area (Å²) in [6.07, 6.45) is 0.896. The first kappa shape index (κ1) is 25.4. The molecule has 0 bridgehead atoms. The summed E-state index contributed by atoms with van der Waals surface area (Å²) in [5, 5.41) is -0.337. The van der Waals surface area contributed by atoms with Crippen LogP contribution in [0.15, 0.2) is 47.5 Å². The van der Waals surface area contributed by atoms with E-state index in [-0.39, 0.29) is 21.9 Å². The minimum absolute atomic E-state index is 0.0351. The van der Waals surface area contributed by atoms with Crippen LogP contribution in [-0.2, 0) is 10.0 Å². The van der Waals surface area contributed by atoms with E-state index in [0.717, 1.165) is 17.7 Å². The quantitative estimate of drug-likeness (QED) is 0.511. The number of nitrogens with zero attached hydrogens (tertiary/aromatic N) is 4. The van der Waals surface area contributed by atoms with Crippen molar-refractivity contribution in [2.75, 3.05) is 24.3 Å². The van der Waals surface area contributed by atoms with Gasteiger partial charge in [-0.2, -0.15) is 8.42 Å². The Morgan fingerprint density at radius 3 is 2.56 bits per heavy atom. The number of hydrogen-bond donors (Lipinski definition) is 2. The van der Waals surface area contributed by atoms with Crippen molar-refractivity contribution in [3.05, 3.63) is 53.7 Å². The standard InChI is InChI=1S/C25H30N6O4S/c1-15-13-25(3,4)31(14-15)23-18(24(32)30-36(33,34)22-8-6-7-20(26)29-22)9-10-19(28-23)17-11-16(2)27-21(12-17)35-5/h6-12,15H,13-14H2,1-5H3,(H2,26,29)(H,30,32)/t15-/m0/s1. The van der Waals surface area contributed by atoms with Crippen LogP contribution in [0.2, 0.25) is 0 Å². The van der Waals surface area contributed by atoms with Crippen molar-refractivity contribution in [2.45, 2.75) is 44.7 Å². The van der Waals surface area contributed by atoms with Crippen LogP contribution in [0.5, 0.6) is 5.88 Å². The van der Waals surface area contributed by atoms with Crippen LogP contribution < -0.4 is 20.1 Å². The van der Waals surface area contributed by atoms with Gasteiger partial charge in [0.15, 0.2) is 5.03 Å². The van der Waals surface area contributed by atoms with Gasteiger partial charge in [0.25, 0.3) is 15.9 Å². The van der Waals surface area contributed by atoms with Crippen molar-refractivity contribution >= 4 is 27.6 Å². The van der Waals surface area contributed by atoms with Gasteiger partial charge in [-0.3, -0.25) is 4.79 Å². The molecule has 1 fully saturated rings. The lowest BCUT2D eigenvalue weighted by Crippen LogP contribution is -2.41. The van der Waals surface area contributed by atoms with Gasteiger partial charge in [0, 0.05) is 29.4 Å². The van der Waals surface area contributed by atoms with Gasteiger partial charge < -0.3 is 15.4 Å². The number of pyridine rings is 3. The maximum Gasteiger partial charge on any atom is 0.281 e. The number of nitrogen functional groups attached to an aromatic ring is 1. The number of amides is 1. The molecule has 0 unspecified atom stereocenters. The first-order chi connectivity index (χ1) is 16.9. The number of carbonyl (C=O) groups excluding carboxylic acids is 1. The molecule has 1 amide bonds. The Balaban J connectivity index is 1.79. The number of rotatable bonds is 6. The molecule has 0 saturated carbocycles. The molecule has 4 heterocycles. The predicted octanol–water partition coefficient (Wildman–Crippen LogP) is 3.18. The number of aryl methyl sites for hydroxylation is 1. The molecule has 1 atom stereocenters. The molecule has 36 heavy (non-hydrogen) atoms. The number of carbonyl (C=O) groups is 1. The fourth-order valence-electron chi connectivity index (χ4n) is 4.65. The molecule has 3 aromatic heterocycles. The highest BCUT2D eigenvalue weighted by Crippen LogP contribution is 2.38. The number of hydrogen-bond acceptors (Lipinski definition) is 9. The topological polar surface area (TPSA) is 140 Å². The maximum absolute atomic E-state index is 13.3. The van der Waals surface area contributed by atoms with Gasteiger partial charge in [-0.15, -0.1) is 0 Å². The van der Waals surface area contributed by atoms with E-state index in [1.54, 1.807) is 25.3 Å². The van der Waals surface area contributed by atoms with Crippen LogP contribution >= 0.6 is 0 Å². The van der Waals surface area contributed by atoms with Crippen LogP contribution in [0.3, 0.4) is 0 Å². The third-order valence-corrected chi connectivity index (χ3v) is 7.36. The predicted molar refractivity (Wildman–Crippen MR) is 137 cm³/mol. The number of nitrogens with one attached hydrogen (secondary N) is 1. The molecule has 0 radical (unpaired) electrons. The van der Waals surface area contributed by atoms with Gasteiger partial charge >= 0.3 is 0 Å². The number of methoxy groups -OCH3 is 1. The number of sulfonamides is 1. The first-order valence-electron chi connectivity index (χ1n) is 11.5. The molecule has 3 aromatic rings. The fraction of sp³-hybridized carbons (Fsp3) is 0.360. The normalized spacial score (nSPS) is 17.1. The van der Waals surface area contributed by atoms with Crippen LogP contribution in [-0.4, -0.2) is 48.5 Å². The number of anilines is 2. The molecule has 0 aliphatic carbocycles. The molecule has 190 valence electrons. The average Bonchev–Trinajstić information content (AvgIpc) is 3.09. The summed E-state index contributed by atoms with van der Waals surface area (Å²) in [7, 11) is -2.71. The molecule has 4 rings (SSSR count). The molecular formula is C25H30N6O4S. The van der Waals surface area contributed by atoms with E-state index in [1.807, 2.05) is 13.0 Å². The number of ether oxygens (including phenoxy) is 1. The van der Waals surface area contributed by atoms with Crippen LogP contribution in [0.25, 0.3) is 11.3 Å². The fourth-order valence-corrected chi connectivity index (χ4v) is 5.59. The summed E-state index contributed by atoms with van der Waals surface area (Å²) >= 11 is 0. The van der Waals surface area contributed by atoms with Gasteiger partial charge in [-0.05, 0) is 63.4 Å². The molecule has 1 aliphatic rings. The van der Waals surface area contributed by atoms with Crippen molar-refractivity contribution in [1.82, 2.24) is 19.7 Å². The summed E-state index contributed by atoms with van der Waals surface area (Å²) in [5.41, 5.74) is 7.62. The zero-order valence-electron chi connectivity index (χ0n) is 20.9. The maximum atomic E-state index is 13.3. The van der Waals surface area contributed by atoms with Crippen LogP contribution in [0.1, 0.15) is 43.2 Å². The third kappa shape index (κ3) is 5.11. The van der Waals surface area contributed by atoms with Gasteiger partial charge in [0.1, 0.15) is 11.6 Å². The van der Waals surface area contributed by atoms with E-state index in [1.165, 1.54) is 18.2 Å². The Morgan fingerprint density at radius 2 is 1.92 bits per heavy atom. The molecule has 0 spiro atoms. The third-order valence-electron chi connectivity index (χ3n) is 6.13. The summed E-state index contributed by atoms with van der Waals surface area (Å²) in [4.78, 5) is 28.4. The summed E-state index contributed by atoms with van der Waals surface area (Å²) < 4.78 is 33.2. The lowest BCUT2D eigenvalue weighted by molar-refractivity contribution is 0.0981. The Morgan fingerprint density at radius 1 is 1.17 bits per heavy atom. The van der Waals surface area contributed by atoms with Gasteiger partial charge in [-0.25, -0.2) is 19.7 Å². The molecule has 11 heteroatoms. The molecule has 1 saturated heterocycles. The zero-order valence-corrected chi connectivity index (χ0v) is 21.8. The second kappa shape index (κ2) is 9.38. The number of nitrogens with two attached hydrogens (primary N) is 1. The zero-order chi connectivity index (χ0) is 26.3. The van der Waals surface area contributed by atoms with Crippen molar-refractivity contribution in [3.63, 3.8) is 0 Å². The van der Waals surface area contributed by atoms with Crippen molar-refractivity contribution < 1.29 is 17.9 Å². The molecular weight excluding hydrogens is 480 g/mol. The van der Waals surface area contributed by atoms with E-state index in [9.17, 15) is 13.2 Å². The Hall–Kier alpha value is -3.73. The molecule has 10 nitrogen and oxygen atoms in total. The molecule has 0 aromatic carbocycles. The van der Waals surface area contributed by atoms with E-state index in [0.29, 0.717) is 29.9 Å². The van der Waals surface area contributed by atoms with Crippen LogP contribution in [0, 0.1) is 12.8 Å². The Kier molecular flexibility index (Phi) is 6.61. The van der Waals surface area contributed by atoms with Gasteiger partial charge in [0.2, 0.25) is 5.88 Å². The highest BCUT2D eigenvalue weighted by molar-refractivity contribution is 7.90. The van der Waals surface area contributed by atoms with E-state index in [2.05, 4.69) is 40.4 Å². The Labute approximate surface area is 211 Å². The highest BCUT2D eigenvalue weighted by Gasteiger charge is 2.39. The monoisotopic (exact) mass is 510 g/mol. The number of aromatic nitrogens is 3. The van der Waals surface area contributed by atoms with Gasteiger partial charge in [-0.1, -0.05) is 13.0 Å². The second-order valence-electron chi connectivity index (χ2n) is 9.67. The van der Waals surface area contributed by atoms with E-state index in [4.69, 9.17) is 15.5 Å². The Bertz CT molecular complexity index is 1420. The molecule has 3 N–H and O–H groups in total. The SMILES string of the molecule is COc1cc(-c2ccc(C(=O)NS(=O)(=O)c3cccc(N)n3)c(N3C[C@@H](C)CC3(C)C)n2)cc(C)n1. The smallest absolute Gasteiger partial charge is 0.281 e. The minimum atomic E-state index is -4.25. The minimum Gasteiger partial charge on any atom is -0.481 e. The summed E-state index contributed by atoms with van der Waals surface area (Å²) in [6, 6.07) is 11.1. The first-order valence-corrected chi connectivity index (χ1v) is 13.0. The van der Waals surface area contributed by atoms with Crippen molar-refractivity contribution in [3.8, 4) is 17.1 Å². The lowest BCUT2D eigenvalue weighted by Gasteiger charge is -2.34. The second-order valence-corrected chi connectivity index (χ2v) is 11.3. The lowest BCUT2D eigenvalue weighted by atomic mass is 9.97. The summed E-state index contributed by atoms with van der Waals surface area (Å²) in [6.45, 7) is 8.83. The van der Waals surface area contributed by atoms with Crippen LogP contribution in [0.4, 0.5) is 11.6 Å². The largest absolute Gasteiger partial charge is 0.481 e. The molecule has 1 aliphatic heterocycles. The summed E-state index contributed by atoms with van der Waals surface area (Å²) in [5.74, 6) is 0.458. The highest BCUT2D eigenvalue weighted by atomic mass is 32.2. The van der Waals surface area contributed by atoms with Crippen molar-refractivity contribution in [1.29, 1.82) is 0 Å². The van der Waals surface area contributed by atoms with E-state index < -0.39 is 15.9 Å².